The fourth-order valence-electron chi connectivity index (χ4n) is 5.09. The van der Waals surface area contributed by atoms with Crippen LogP contribution in [0.1, 0.15) is 5.56 Å². The van der Waals surface area contributed by atoms with Crippen LogP contribution in [0.4, 0.5) is 14.6 Å². The molecular formula is C27H27ClF2N4O4S. The first-order chi connectivity index (χ1) is 18.7. The Balaban J connectivity index is 1.71. The summed E-state index contributed by atoms with van der Waals surface area (Å²) in [5.74, 6) is -0.777. The smallest absolute Gasteiger partial charge is 0.350 e. The molecule has 1 aromatic heterocycles. The summed E-state index contributed by atoms with van der Waals surface area (Å²) in [6, 6.07) is 3.93. The molecule has 1 fully saturated rings. The fraction of sp³-hybridized carbons (Fsp3) is 0.370. The minimum Gasteiger partial charge on any atom is -0.359 e. The number of ether oxygens (including phenoxy) is 2. The molecule has 0 spiro atoms. The van der Waals surface area contributed by atoms with E-state index in [1.54, 1.807) is 9.47 Å². The molecule has 206 valence electrons. The lowest BCUT2D eigenvalue weighted by Crippen LogP contribution is -2.49. The molecule has 2 aliphatic heterocycles. The SMILES string of the molecule is C=CC(=O)N1CCN(c2nc(=O)n3c4c(c(-c5cc(Cl)c(F)cc5F)c(C)cc24)SCC(OCOC)C3)CC1. The second-order valence-electron chi connectivity index (χ2n) is 9.39. The van der Waals surface area contributed by atoms with Crippen molar-refractivity contribution in [2.75, 3.05) is 50.7 Å². The Kier molecular flexibility index (Phi) is 7.95. The number of benzene rings is 2. The van der Waals surface area contributed by atoms with Gasteiger partial charge in [0.1, 0.15) is 24.2 Å². The number of aryl methyl sites for hydroxylation is 1. The number of halogens is 3. The highest BCUT2D eigenvalue weighted by molar-refractivity contribution is 7.99. The molecule has 2 aromatic carbocycles. The molecule has 0 N–H and O–H groups in total. The molecule has 1 unspecified atom stereocenters. The number of anilines is 1. The number of thioether (sulfide) groups is 1. The van der Waals surface area contributed by atoms with E-state index in [0.29, 0.717) is 53.7 Å². The molecule has 0 radical (unpaired) electrons. The van der Waals surface area contributed by atoms with Crippen molar-refractivity contribution in [2.24, 2.45) is 0 Å². The zero-order valence-corrected chi connectivity index (χ0v) is 23.1. The van der Waals surface area contributed by atoms with Crippen molar-refractivity contribution in [3.63, 3.8) is 0 Å². The minimum atomic E-state index is -0.847. The number of rotatable bonds is 6. The zero-order valence-electron chi connectivity index (χ0n) is 21.5. The molecule has 3 heterocycles. The minimum absolute atomic E-state index is 0.0484. The van der Waals surface area contributed by atoms with Crippen LogP contribution in [0.5, 0.6) is 0 Å². The van der Waals surface area contributed by atoms with Crippen LogP contribution in [-0.2, 0) is 20.8 Å². The average Bonchev–Trinajstić information content (AvgIpc) is 3.12. The Morgan fingerprint density at radius 2 is 1.97 bits per heavy atom. The second kappa shape index (κ2) is 11.2. The van der Waals surface area contributed by atoms with Crippen LogP contribution in [0.15, 0.2) is 40.5 Å². The Hall–Kier alpha value is -2.99. The molecule has 8 nitrogen and oxygen atoms in total. The number of carbonyl (C=O) groups excluding carboxylic acids is 1. The Labute approximate surface area is 233 Å². The molecule has 1 saturated heterocycles. The van der Waals surface area contributed by atoms with Crippen LogP contribution in [0.2, 0.25) is 5.02 Å². The van der Waals surface area contributed by atoms with Crippen molar-refractivity contribution >= 4 is 46.0 Å². The molecule has 12 heteroatoms. The van der Waals surface area contributed by atoms with Crippen LogP contribution in [0.25, 0.3) is 22.0 Å². The Bertz CT molecular complexity index is 1520. The quantitative estimate of drug-likeness (QED) is 0.247. The Morgan fingerprint density at radius 3 is 2.67 bits per heavy atom. The molecule has 0 saturated carbocycles. The van der Waals surface area contributed by atoms with Crippen molar-refractivity contribution < 1.29 is 23.0 Å². The maximum Gasteiger partial charge on any atom is 0.350 e. The van der Waals surface area contributed by atoms with Gasteiger partial charge in [0.25, 0.3) is 0 Å². The largest absolute Gasteiger partial charge is 0.359 e. The lowest BCUT2D eigenvalue weighted by Gasteiger charge is -2.35. The normalized spacial score (nSPS) is 17.4. The maximum atomic E-state index is 15.2. The van der Waals surface area contributed by atoms with Gasteiger partial charge < -0.3 is 19.3 Å². The predicted molar refractivity (Wildman–Crippen MR) is 148 cm³/mol. The van der Waals surface area contributed by atoms with E-state index in [1.165, 1.54) is 31.0 Å². The van der Waals surface area contributed by atoms with E-state index in [4.69, 9.17) is 21.1 Å². The number of nitrogens with zero attached hydrogens (tertiary/aromatic N) is 4. The van der Waals surface area contributed by atoms with E-state index >= 15 is 4.39 Å². The van der Waals surface area contributed by atoms with Gasteiger partial charge in [-0.25, -0.2) is 13.6 Å². The standard InChI is InChI=1S/C27H27ClF2N4O4S/c1-4-22(35)32-5-7-33(8-6-32)26-18-9-15(2)23(17-10-19(28)21(30)11-20(17)29)25-24(18)34(27(36)31-26)12-16(13-39-25)38-14-37-3/h4,9-11,16H,1,5-8,12-14H2,2-3H3. The number of hydrogen-bond acceptors (Lipinski definition) is 7. The monoisotopic (exact) mass is 576 g/mol. The lowest BCUT2D eigenvalue weighted by molar-refractivity contribution is -0.126. The summed E-state index contributed by atoms with van der Waals surface area (Å²) < 4.78 is 41.7. The predicted octanol–water partition coefficient (Wildman–Crippen LogP) is 4.23. The van der Waals surface area contributed by atoms with Crippen molar-refractivity contribution in [2.45, 2.75) is 24.5 Å². The summed E-state index contributed by atoms with van der Waals surface area (Å²) >= 11 is 7.50. The number of amides is 1. The molecule has 39 heavy (non-hydrogen) atoms. The van der Waals surface area contributed by atoms with Gasteiger partial charge in [0.15, 0.2) is 0 Å². The number of aromatic nitrogens is 2. The lowest BCUT2D eigenvalue weighted by atomic mass is 9.97. The van der Waals surface area contributed by atoms with Crippen LogP contribution < -0.4 is 10.6 Å². The van der Waals surface area contributed by atoms with Gasteiger partial charge in [-0.1, -0.05) is 18.2 Å². The summed E-state index contributed by atoms with van der Waals surface area (Å²) in [5.41, 5.74) is 1.53. The van der Waals surface area contributed by atoms with Gasteiger partial charge in [0.2, 0.25) is 5.91 Å². The molecule has 2 aliphatic rings. The number of carbonyl (C=O) groups is 1. The first-order valence-corrected chi connectivity index (χ1v) is 13.7. The highest BCUT2D eigenvalue weighted by Gasteiger charge is 2.30. The van der Waals surface area contributed by atoms with Crippen LogP contribution in [-0.4, -0.2) is 72.3 Å². The Morgan fingerprint density at radius 1 is 1.23 bits per heavy atom. The summed E-state index contributed by atoms with van der Waals surface area (Å²) in [5, 5.41) is 0.528. The third-order valence-electron chi connectivity index (χ3n) is 6.96. The molecule has 0 bridgehead atoms. The average molecular weight is 577 g/mol. The maximum absolute atomic E-state index is 15.2. The second-order valence-corrected chi connectivity index (χ2v) is 10.8. The number of hydrogen-bond donors (Lipinski definition) is 0. The van der Waals surface area contributed by atoms with Gasteiger partial charge in [-0.15, -0.1) is 11.8 Å². The van der Waals surface area contributed by atoms with Gasteiger partial charge >= 0.3 is 5.69 Å². The molecule has 1 atom stereocenters. The van der Waals surface area contributed by atoms with Gasteiger partial charge in [-0.05, 0) is 30.7 Å². The van der Waals surface area contributed by atoms with Gasteiger partial charge in [-0.2, -0.15) is 4.98 Å². The molecule has 5 rings (SSSR count). The highest BCUT2D eigenvalue weighted by Crippen LogP contribution is 2.45. The molecule has 3 aromatic rings. The van der Waals surface area contributed by atoms with E-state index in [-0.39, 0.29) is 35.9 Å². The van der Waals surface area contributed by atoms with Crippen molar-refractivity contribution in [1.29, 1.82) is 0 Å². The number of methoxy groups -OCH3 is 1. The van der Waals surface area contributed by atoms with Gasteiger partial charge in [-0.3, -0.25) is 9.36 Å². The van der Waals surface area contributed by atoms with E-state index in [9.17, 15) is 14.0 Å². The summed E-state index contributed by atoms with van der Waals surface area (Å²) in [6.45, 7) is 7.55. The first kappa shape index (κ1) is 27.6. The molecule has 0 aliphatic carbocycles. The van der Waals surface area contributed by atoms with Gasteiger partial charge in [0.05, 0.1) is 23.2 Å². The summed E-state index contributed by atoms with van der Waals surface area (Å²) in [7, 11) is 1.52. The van der Waals surface area contributed by atoms with E-state index in [2.05, 4.69) is 11.6 Å². The van der Waals surface area contributed by atoms with E-state index in [0.717, 1.165) is 17.0 Å². The van der Waals surface area contributed by atoms with Gasteiger partial charge in [0, 0.05) is 66.5 Å². The van der Waals surface area contributed by atoms with Crippen molar-refractivity contribution in [3.8, 4) is 11.1 Å². The summed E-state index contributed by atoms with van der Waals surface area (Å²) in [4.78, 5) is 34.4. The van der Waals surface area contributed by atoms with Crippen molar-refractivity contribution in [1.82, 2.24) is 14.5 Å². The number of piperazine rings is 1. The van der Waals surface area contributed by atoms with E-state index < -0.39 is 17.3 Å². The third kappa shape index (κ3) is 5.16. The van der Waals surface area contributed by atoms with E-state index in [1.807, 2.05) is 17.9 Å². The molecule has 1 amide bonds. The highest BCUT2D eigenvalue weighted by atomic mass is 35.5. The molecular weight excluding hydrogens is 550 g/mol. The summed E-state index contributed by atoms with van der Waals surface area (Å²) in [6.07, 6.45) is 0.913. The zero-order chi connectivity index (χ0) is 27.8. The van der Waals surface area contributed by atoms with Crippen LogP contribution >= 0.6 is 23.4 Å². The van der Waals surface area contributed by atoms with Crippen LogP contribution in [0.3, 0.4) is 0 Å². The first-order valence-electron chi connectivity index (χ1n) is 12.4. The third-order valence-corrected chi connectivity index (χ3v) is 8.48. The fourth-order valence-corrected chi connectivity index (χ4v) is 6.58. The van der Waals surface area contributed by atoms with Crippen LogP contribution in [0, 0.1) is 18.6 Å². The van der Waals surface area contributed by atoms with Crippen molar-refractivity contribution in [3.05, 3.63) is 63.6 Å². The topological polar surface area (TPSA) is 76.9 Å².